The first-order valence-electron chi connectivity index (χ1n) is 9.66. The van der Waals surface area contributed by atoms with Gasteiger partial charge in [-0.05, 0) is 20.0 Å². The predicted molar refractivity (Wildman–Crippen MR) is 103 cm³/mol. The van der Waals surface area contributed by atoms with Crippen LogP contribution in [0.5, 0.6) is 0 Å². The molecular weight excluding hydrogens is 330 g/mol. The molecular formula is C18H31N7O. The minimum Gasteiger partial charge on any atom is -0.378 e. The number of nitrogens with one attached hydrogen (secondary N) is 2. The second-order valence-electron chi connectivity index (χ2n) is 7.81. The van der Waals surface area contributed by atoms with Crippen LogP contribution in [0.3, 0.4) is 0 Å². The molecule has 2 saturated heterocycles. The Morgan fingerprint density at radius 1 is 1.15 bits per heavy atom. The standard InChI is InChI=1S/C18H31N7O/c1-23(2)18-21-14-10-19-5-4-13(14)17(22-18)20-15-11-26-12-16(15)25-8-6-24(3)7-9-25/h15-16,19H,4-12H2,1-3H3,(H,20,21,22)/t15-,16-/m1/s1. The van der Waals surface area contributed by atoms with Crippen LogP contribution < -0.4 is 15.5 Å². The van der Waals surface area contributed by atoms with E-state index in [9.17, 15) is 0 Å². The highest BCUT2D eigenvalue weighted by Crippen LogP contribution is 2.26. The molecule has 8 heteroatoms. The third-order valence-electron chi connectivity index (χ3n) is 5.70. The molecule has 4 rings (SSSR count). The van der Waals surface area contributed by atoms with Crippen molar-refractivity contribution in [3.63, 3.8) is 0 Å². The molecule has 3 aliphatic rings. The van der Waals surface area contributed by atoms with E-state index in [1.807, 2.05) is 19.0 Å². The second-order valence-corrected chi connectivity index (χ2v) is 7.81. The van der Waals surface area contributed by atoms with Crippen LogP contribution in [0.1, 0.15) is 11.3 Å². The first-order chi connectivity index (χ1) is 12.6. The summed E-state index contributed by atoms with van der Waals surface area (Å²) in [7, 11) is 6.18. The van der Waals surface area contributed by atoms with Crippen LogP contribution in [0.4, 0.5) is 11.8 Å². The van der Waals surface area contributed by atoms with Crippen molar-refractivity contribution in [3.8, 4) is 0 Å². The number of hydrogen-bond donors (Lipinski definition) is 2. The van der Waals surface area contributed by atoms with E-state index in [1.54, 1.807) is 0 Å². The topological polar surface area (TPSA) is 68.8 Å². The van der Waals surface area contributed by atoms with Crippen molar-refractivity contribution in [2.75, 3.05) is 77.3 Å². The lowest BCUT2D eigenvalue weighted by molar-refractivity contribution is 0.0948. The molecule has 26 heavy (non-hydrogen) atoms. The fraction of sp³-hybridized carbons (Fsp3) is 0.778. The van der Waals surface area contributed by atoms with Gasteiger partial charge < -0.3 is 25.2 Å². The lowest BCUT2D eigenvalue weighted by Crippen LogP contribution is -2.54. The number of fused-ring (bicyclic) bond motifs is 1. The molecule has 2 atom stereocenters. The Labute approximate surface area is 155 Å². The SMILES string of the molecule is CN1CCN([C@@H]2COC[C@H]2Nc2nc(N(C)C)nc3c2CCNC3)CC1. The van der Waals surface area contributed by atoms with E-state index in [0.29, 0.717) is 6.04 Å². The van der Waals surface area contributed by atoms with Gasteiger partial charge in [0.1, 0.15) is 5.82 Å². The van der Waals surface area contributed by atoms with Gasteiger partial charge in [0.05, 0.1) is 31.0 Å². The molecule has 8 nitrogen and oxygen atoms in total. The number of hydrogen-bond acceptors (Lipinski definition) is 8. The molecule has 0 aromatic carbocycles. The molecule has 2 fully saturated rings. The van der Waals surface area contributed by atoms with Gasteiger partial charge in [-0.2, -0.15) is 4.98 Å². The summed E-state index contributed by atoms with van der Waals surface area (Å²) < 4.78 is 5.86. The molecule has 3 aliphatic heterocycles. The van der Waals surface area contributed by atoms with Crippen molar-refractivity contribution in [2.24, 2.45) is 0 Å². The van der Waals surface area contributed by atoms with Gasteiger partial charge in [-0.15, -0.1) is 0 Å². The summed E-state index contributed by atoms with van der Waals surface area (Å²) in [5.41, 5.74) is 2.38. The lowest BCUT2D eigenvalue weighted by atomic mass is 10.1. The van der Waals surface area contributed by atoms with Gasteiger partial charge in [0.25, 0.3) is 0 Å². The highest BCUT2D eigenvalue weighted by molar-refractivity contribution is 5.53. The number of likely N-dealkylation sites (N-methyl/N-ethyl adjacent to an activating group) is 1. The number of anilines is 2. The molecule has 0 radical (unpaired) electrons. The minimum atomic E-state index is 0.280. The summed E-state index contributed by atoms with van der Waals surface area (Å²) in [5, 5.41) is 7.16. The Morgan fingerprint density at radius 2 is 1.96 bits per heavy atom. The molecule has 2 N–H and O–H groups in total. The highest BCUT2D eigenvalue weighted by atomic mass is 16.5. The monoisotopic (exact) mass is 361 g/mol. The quantitative estimate of drug-likeness (QED) is 0.752. The van der Waals surface area contributed by atoms with E-state index < -0.39 is 0 Å². The minimum absolute atomic E-state index is 0.280. The van der Waals surface area contributed by atoms with Crippen LogP contribution in [-0.2, 0) is 17.7 Å². The largest absolute Gasteiger partial charge is 0.378 e. The molecule has 0 amide bonds. The van der Waals surface area contributed by atoms with E-state index in [0.717, 1.165) is 76.4 Å². The number of aromatic nitrogens is 2. The lowest BCUT2D eigenvalue weighted by Gasteiger charge is -2.38. The maximum absolute atomic E-state index is 5.86. The van der Waals surface area contributed by atoms with E-state index in [1.165, 1.54) is 5.56 Å². The normalized spacial score (nSPS) is 27.3. The van der Waals surface area contributed by atoms with Crippen LogP contribution in [0, 0.1) is 0 Å². The molecule has 4 heterocycles. The molecule has 0 bridgehead atoms. The predicted octanol–water partition coefficient (Wildman–Crippen LogP) is -0.385. The molecule has 0 spiro atoms. The highest BCUT2D eigenvalue weighted by Gasteiger charge is 2.35. The molecule has 0 unspecified atom stereocenters. The molecule has 0 saturated carbocycles. The van der Waals surface area contributed by atoms with Gasteiger partial charge in [0.15, 0.2) is 0 Å². The van der Waals surface area contributed by atoms with Crippen LogP contribution >= 0.6 is 0 Å². The summed E-state index contributed by atoms with van der Waals surface area (Å²) >= 11 is 0. The fourth-order valence-corrected chi connectivity index (χ4v) is 4.04. The fourth-order valence-electron chi connectivity index (χ4n) is 4.04. The van der Waals surface area contributed by atoms with Gasteiger partial charge in [0, 0.05) is 52.4 Å². The Kier molecular flexibility index (Phi) is 5.26. The first kappa shape index (κ1) is 17.9. The van der Waals surface area contributed by atoms with Crippen molar-refractivity contribution in [3.05, 3.63) is 11.3 Å². The number of rotatable bonds is 4. The van der Waals surface area contributed by atoms with Crippen molar-refractivity contribution < 1.29 is 4.74 Å². The van der Waals surface area contributed by atoms with Crippen molar-refractivity contribution >= 4 is 11.8 Å². The number of piperazine rings is 1. The van der Waals surface area contributed by atoms with E-state index in [2.05, 4.69) is 27.5 Å². The van der Waals surface area contributed by atoms with Crippen molar-refractivity contribution in [2.45, 2.75) is 25.0 Å². The summed E-state index contributed by atoms with van der Waals surface area (Å²) in [6.07, 6.45) is 0.970. The smallest absolute Gasteiger partial charge is 0.227 e. The first-order valence-corrected chi connectivity index (χ1v) is 9.66. The zero-order valence-corrected chi connectivity index (χ0v) is 16.2. The summed E-state index contributed by atoms with van der Waals surface area (Å²) in [6.45, 7) is 7.81. The van der Waals surface area contributed by atoms with Gasteiger partial charge >= 0.3 is 0 Å². The van der Waals surface area contributed by atoms with Gasteiger partial charge in [-0.25, -0.2) is 4.98 Å². The molecule has 144 valence electrons. The van der Waals surface area contributed by atoms with Gasteiger partial charge in [-0.1, -0.05) is 0 Å². The summed E-state index contributed by atoms with van der Waals surface area (Å²) in [5.74, 6) is 1.76. The molecule has 1 aromatic heterocycles. The number of ether oxygens (including phenoxy) is 1. The van der Waals surface area contributed by atoms with Crippen LogP contribution in [0.2, 0.25) is 0 Å². The van der Waals surface area contributed by atoms with Gasteiger partial charge in [0.2, 0.25) is 5.95 Å². The third kappa shape index (κ3) is 3.64. The number of nitrogens with zero attached hydrogens (tertiary/aromatic N) is 5. The maximum Gasteiger partial charge on any atom is 0.227 e. The Hall–Kier alpha value is -1.48. The van der Waals surface area contributed by atoms with Crippen LogP contribution in [0.15, 0.2) is 0 Å². The average molecular weight is 361 g/mol. The van der Waals surface area contributed by atoms with E-state index in [4.69, 9.17) is 14.7 Å². The van der Waals surface area contributed by atoms with E-state index in [-0.39, 0.29) is 6.04 Å². The summed E-state index contributed by atoms with van der Waals surface area (Å²) in [4.78, 5) is 16.5. The van der Waals surface area contributed by atoms with Gasteiger partial charge in [-0.3, -0.25) is 4.90 Å². The average Bonchev–Trinajstić information content (AvgIpc) is 3.10. The van der Waals surface area contributed by atoms with Crippen molar-refractivity contribution in [1.29, 1.82) is 0 Å². The zero-order valence-electron chi connectivity index (χ0n) is 16.2. The third-order valence-corrected chi connectivity index (χ3v) is 5.70. The Morgan fingerprint density at radius 3 is 2.73 bits per heavy atom. The summed E-state index contributed by atoms with van der Waals surface area (Å²) in [6, 6.07) is 0.696. The molecule has 1 aromatic rings. The Balaban J connectivity index is 1.55. The van der Waals surface area contributed by atoms with Crippen LogP contribution in [-0.4, -0.2) is 98.9 Å². The van der Waals surface area contributed by atoms with Crippen LogP contribution in [0.25, 0.3) is 0 Å². The Bertz CT molecular complexity index is 630. The maximum atomic E-state index is 5.86. The van der Waals surface area contributed by atoms with Crippen molar-refractivity contribution in [1.82, 2.24) is 25.1 Å². The zero-order chi connectivity index (χ0) is 18.1. The van der Waals surface area contributed by atoms with E-state index >= 15 is 0 Å². The molecule has 0 aliphatic carbocycles. The second kappa shape index (κ2) is 7.64.